The highest BCUT2D eigenvalue weighted by atomic mass is 35.5. The van der Waals surface area contributed by atoms with Gasteiger partial charge in [-0.15, -0.1) is 0 Å². The number of carboxylic acids is 1. The summed E-state index contributed by atoms with van der Waals surface area (Å²) in [5.74, 6) is -2.09. The molecule has 0 fully saturated rings. The Balaban J connectivity index is 2.67. The van der Waals surface area contributed by atoms with Crippen molar-refractivity contribution in [3.63, 3.8) is 0 Å². The van der Waals surface area contributed by atoms with Gasteiger partial charge in [0.1, 0.15) is 0 Å². The average molecular weight is 400 g/mol. The first-order valence-electron chi connectivity index (χ1n) is 8.84. The van der Waals surface area contributed by atoms with E-state index in [1.165, 1.54) is 0 Å². The van der Waals surface area contributed by atoms with Crippen LogP contribution in [0, 0.1) is 5.92 Å². The Hall–Kier alpha value is -2.28. The lowest BCUT2D eigenvalue weighted by atomic mass is 9.96. The largest absolute Gasteiger partial charge is 0.481 e. The summed E-state index contributed by atoms with van der Waals surface area (Å²) in [7, 11) is 0. The lowest BCUT2D eigenvalue weighted by molar-refractivity contribution is -0.175. The van der Waals surface area contributed by atoms with Gasteiger partial charge in [-0.1, -0.05) is 44.5 Å². The molecule has 1 rings (SSSR count). The van der Waals surface area contributed by atoms with Gasteiger partial charge in [-0.25, -0.2) is 4.79 Å². The van der Waals surface area contributed by atoms with E-state index in [1.54, 1.807) is 38.1 Å². The summed E-state index contributed by atoms with van der Waals surface area (Å²) < 4.78 is 10.3. The molecule has 1 amide bonds. The summed E-state index contributed by atoms with van der Waals surface area (Å²) in [5.41, 5.74) is 0.733. The number of halogens is 1. The zero-order valence-corrected chi connectivity index (χ0v) is 16.5. The zero-order valence-electron chi connectivity index (χ0n) is 15.7. The quantitative estimate of drug-likeness (QED) is 0.456. The molecular weight excluding hydrogens is 374 g/mol. The van der Waals surface area contributed by atoms with Gasteiger partial charge >= 0.3 is 18.0 Å². The van der Waals surface area contributed by atoms with Crippen LogP contribution in [-0.4, -0.2) is 36.0 Å². The summed E-state index contributed by atoms with van der Waals surface area (Å²) in [6, 6.07) is 6.75. The number of carbonyl (C=O) groups is 3. The Morgan fingerprint density at radius 3 is 2.30 bits per heavy atom. The molecule has 0 aromatic heterocycles. The molecular formula is C19H26ClNO6. The lowest BCUT2D eigenvalue weighted by Crippen LogP contribution is -2.36. The summed E-state index contributed by atoms with van der Waals surface area (Å²) in [6.07, 6.45) is -1.07. The van der Waals surface area contributed by atoms with Crippen molar-refractivity contribution in [2.24, 2.45) is 5.92 Å². The average Bonchev–Trinajstić information content (AvgIpc) is 2.58. The van der Waals surface area contributed by atoms with E-state index in [4.69, 9.17) is 26.2 Å². The summed E-state index contributed by atoms with van der Waals surface area (Å²) in [4.78, 5) is 34.8. The van der Waals surface area contributed by atoms with E-state index < -0.39 is 30.2 Å². The Kier molecular flexibility index (Phi) is 9.64. The van der Waals surface area contributed by atoms with Gasteiger partial charge in [0.2, 0.25) is 0 Å². The molecule has 0 spiro atoms. The van der Waals surface area contributed by atoms with Crippen LogP contribution in [0.15, 0.2) is 24.3 Å². The van der Waals surface area contributed by atoms with Crippen molar-refractivity contribution in [1.29, 1.82) is 0 Å². The van der Waals surface area contributed by atoms with Crippen LogP contribution in [0.25, 0.3) is 0 Å². The van der Waals surface area contributed by atoms with Gasteiger partial charge in [0.15, 0.2) is 0 Å². The van der Waals surface area contributed by atoms with Crippen molar-refractivity contribution >= 4 is 29.6 Å². The number of benzene rings is 1. The molecule has 1 unspecified atom stereocenters. The van der Waals surface area contributed by atoms with Crippen LogP contribution in [0.2, 0.25) is 5.02 Å². The number of amides is 1. The number of hydrogen-bond acceptors (Lipinski definition) is 5. The van der Waals surface area contributed by atoms with Crippen LogP contribution >= 0.6 is 11.6 Å². The van der Waals surface area contributed by atoms with E-state index in [0.29, 0.717) is 11.4 Å². The maximum Gasteiger partial charge on any atom is 0.410 e. The molecule has 0 aliphatic rings. The van der Waals surface area contributed by atoms with Crippen LogP contribution in [0.1, 0.15) is 51.5 Å². The number of esters is 1. The monoisotopic (exact) mass is 399 g/mol. The molecule has 0 bridgehead atoms. The molecule has 2 N–H and O–H groups in total. The number of nitrogens with one attached hydrogen (secondary N) is 1. The van der Waals surface area contributed by atoms with Gasteiger partial charge in [0, 0.05) is 29.8 Å². The van der Waals surface area contributed by atoms with Crippen LogP contribution in [0.3, 0.4) is 0 Å². The Bertz CT molecular complexity index is 632. The third-order valence-electron chi connectivity index (χ3n) is 3.72. The third kappa shape index (κ3) is 8.77. The molecule has 27 heavy (non-hydrogen) atoms. The Morgan fingerprint density at radius 1 is 1.15 bits per heavy atom. The van der Waals surface area contributed by atoms with E-state index in [9.17, 15) is 14.4 Å². The number of rotatable bonds is 10. The molecule has 0 aliphatic heterocycles. The molecule has 0 saturated heterocycles. The molecule has 0 aliphatic carbocycles. The first-order valence-corrected chi connectivity index (χ1v) is 9.21. The maximum atomic E-state index is 12.1. The maximum absolute atomic E-state index is 12.1. The van der Waals surface area contributed by atoms with Gasteiger partial charge in [-0.05, 0) is 24.1 Å². The highest BCUT2D eigenvalue weighted by Gasteiger charge is 2.23. The second-order valence-electron chi connectivity index (χ2n) is 6.48. The van der Waals surface area contributed by atoms with E-state index in [-0.39, 0.29) is 25.3 Å². The molecule has 0 saturated carbocycles. The third-order valence-corrected chi connectivity index (χ3v) is 3.98. The van der Waals surface area contributed by atoms with Gasteiger partial charge < -0.3 is 19.9 Å². The molecule has 2 atom stereocenters. The van der Waals surface area contributed by atoms with Crippen molar-refractivity contribution in [1.82, 2.24) is 5.32 Å². The van der Waals surface area contributed by atoms with E-state index in [2.05, 4.69) is 5.32 Å². The number of carbonyl (C=O) groups excluding carboxylic acids is 2. The Morgan fingerprint density at radius 2 is 1.78 bits per heavy atom. The number of ether oxygens (including phenoxy) is 2. The van der Waals surface area contributed by atoms with E-state index in [1.807, 2.05) is 6.92 Å². The number of hydrogen-bond donors (Lipinski definition) is 2. The van der Waals surface area contributed by atoms with Crippen molar-refractivity contribution in [2.75, 3.05) is 6.54 Å². The van der Waals surface area contributed by atoms with Gasteiger partial charge in [-0.3, -0.25) is 9.59 Å². The SMILES string of the molecule is CCCC(=O)OC(OC(=O)NC[C@H](CC(=O)O)c1ccc(Cl)cc1)C(C)C. The molecule has 1 aromatic carbocycles. The summed E-state index contributed by atoms with van der Waals surface area (Å²) in [5, 5.41) is 12.2. The van der Waals surface area contributed by atoms with Crippen LogP contribution in [-0.2, 0) is 19.1 Å². The molecule has 1 aromatic rings. The molecule has 0 heterocycles. The minimum atomic E-state index is -1.00. The fraction of sp³-hybridized carbons (Fsp3) is 0.526. The van der Waals surface area contributed by atoms with E-state index >= 15 is 0 Å². The Labute approximate surface area is 164 Å². The standard InChI is InChI=1S/C19H26ClNO6/c1-4-5-17(24)26-18(12(2)3)27-19(25)21-11-14(10-16(22)23)13-6-8-15(20)9-7-13/h6-9,12,14,18H,4-5,10-11H2,1-3H3,(H,21,25)(H,22,23)/t14-,18?/m0/s1. The topological polar surface area (TPSA) is 102 Å². The van der Waals surface area contributed by atoms with Crippen LogP contribution in [0.5, 0.6) is 0 Å². The first-order chi connectivity index (χ1) is 12.7. The normalized spacial score (nSPS) is 12.9. The molecule has 0 radical (unpaired) electrons. The van der Waals surface area contributed by atoms with E-state index in [0.717, 1.165) is 5.56 Å². The zero-order chi connectivity index (χ0) is 20.4. The number of alkyl carbamates (subject to hydrolysis) is 1. The van der Waals surface area contributed by atoms with Crippen LogP contribution in [0.4, 0.5) is 4.79 Å². The van der Waals surface area contributed by atoms with Gasteiger partial charge in [-0.2, -0.15) is 0 Å². The summed E-state index contributed by atoms with van der Waals surface area (Å²) in [6.45, 7) is 5.43. The second-order valence-corrected chi connectivity index (χ2v) is 6.92. The minimum absolute atomic E-state index is 0.0560. The predicted molar refractivity (Wildman–Crippen MR) is 101 cm³/mol. The summed E-state index contributed by atoms with van der Waals surface area (Å²) >= 11 is 5.85. The fourth-order valence-electron chi connectivity index (χ4n) is 2.30. The minimum Gasteiger partial charge on any atom is -0.481 e. The molecule has 7 nitrogen and oxygen atoms in total. The molecule has 150 valence electrons. The van der Waals surface area contributed by atoms with Crippen molar-refractivity contribution in [3.05, 3.63) is 34.9 Å². The van der Waals surface area contributed by atoms with Crippen molar-refractivity contribution in [2.45, 2.75) is 52.2 Å². The number of aliphatic carboxylic acids is 1. The highest BCUT2D eigenvalue weighted by molar-refractivity contribution is 6.30. The number of carboxylic acid groups (broad SMARTS) is 1. The van der Waals surface area contributed by atoms with Gasteiger partial charge in [0.25, 0.3) is 6.29 Å². The van der Waals surface area contributed by atoms with Crippen LogP contribution < -0.4 is 5.32 Å². The fourth-order valence-corrected chi connectivity index (χ4v) is 2.42. The van der Waals surface area contributed by atoms with Gasteiger partial charge in [0.05, 0.1) is 6.42 Å². The molecule has 8 heteroatoms. The predicted octanol–water partition coefficient (Wildman–Crippen LogP) is 3.95. The van der Waals surface area contributed by atoms with Crippen molar-refractivity contribution in [3.8, 4) is 0 Å². The smallest absolute Gasteiger partial charge is 0.410 e. The van der Waals surface area contributed by atoms with Crippen molar-refractivity contribution < 1.29 is 29.0 Å². The first kappa shape index (κ1) is 22.8. The second kappa shape index (κ2) is 11.4. The highest BCUT2D eigenvalue weighted by Crippen LogP contribution is 2.21. The lowest BCUT2D eigenvalue weighted by Gasteiger charge is -2.22.